The molecule has 1 heterocycles. The Morgan fingerprint density at radius 1 is 1.22 bits per heavy atom. The van der Waals surface area contributed by atoms with Crippen LogP contribution in [0.15, 0.2) is 24.3 Å². The minimum Gasteiger partial charge on any atom is -0.390 e. The summed E-state index contributed by atoms with van der Waals surface area (Å²) in [5.74, 6) is 0.551. The number of thiazole rings is 1. The number of hydrogen-bond acceptors (Lipinski definition) is 3. The van der Waals surface area contributed by atoms with Crippen LogP contribution >= 0.6 is 11.3 Å². The van der Waals surface area contributed by atoms with Crippen molar-refractivity contribution in [2.24, 2.45) is 0 Å². The molecule has 2 rings (SSSR count). The van der Waals surface area contributed by atoms with E-state index in [1.807, 2.05) is 0 Å². The molecule has 0 spiro atoms. The van der Waals surface area contributed by atoms with Gasteiger partial charge in [-0.1, -0.05) is 45.0 Å². The monoisotopic (exact) mass is 261 g/mol. The number of aryl methyl sites for hydroxylation is 1. The molecule has 0 atom stereocenters. The summed E-state index contributed by atoms with van der Waals surface area (Å²) in [5, 5.41) is 10.3. The molecule has 18 heavy (non-hydrogen) atoms. The van der Waals surface area contributed by atoms with E-state index in [1.54, 1.807) is 11.3 Å². The largest absolute Gasteiger partial charge is 0.390 e. The Morgan fingerprint density at radius 3 is 2.33 bits per heavy atom. The zero-order valence-corrected chi connectivity index (χ0v) is 11.9. The van der Waals surface area contributed by atoms with Crippen LogP contribution in [0.4, 0.5) is 0 Å². The predicted octanol–water partition coefficient (Wildman–Crippen LogP) is 3.99. The van der Waals surface area contributed by atoms with E-state index >= 15 is 0 Å². The second-order valence-electron chi connectivity index (χ2n) is 4.68. The van der Waals surface area contributed by atoms with Crippen LogP contribution < -0.4 is 0 Å². The third-order valence-electron chi connectivity index (χ3n) is 3.07. The van der Waals surface area contributed by atoms with Gasteiger partial charge in [0.2, 0.25) is 0 Å². The fourth-order valence-electron chi connectivity index (χ4n) is 1.92. The third kappa shape index (κ3) is 2.62. The van der Waals surface area contributed by atoms with Crippen molar-refractivity contribution in [2.75, 3.05) is 0 Å². The molecule has 0 amide bonds. The third-order valence-corrected chi connectivity index (χ3v) is 4.36. The lowest BCUT2D eigenvalue weighted by molar-refractivity contribution is 0.276. The summed E-state index contributed by atoms with van der Waals surface area (Å²) in [6.45, 7) is 6.51. The maximum Gasteiger partial charge on any atom is 0.123 e. The Bertz CT molecular complexity index is 492. The highest BCUT2D eigenvalue weighted by Gasteiger charge is 2.10. The fraction of sp³-hybridized carbons (Fsp3) is 0.400. The maximum atomic E-state index is 9.27. The van der Waals surface area contributed by atoms with Gasteiger partial charge < -0.3 is 5.11 Å². The van der Waals surface area contributed by atoms with E-state index < -0.39 is 0 Å². The molecule has 0 aliphatic carbocycles. The molecule has 0 unspecified atom stereocenters. The second-order valence-corrected chi connectivity index (χ2v) is 5.76. The van der Waals surface area contributed by atoms with Crippen LogP contribution in [0.2, 0.25) is 0 Å². The highest BCUT2D eigenvalue weighted by molar-refractivity contribution is 7.15. The van der Waals surface area contributed by atoms with Crippen molar-refractivity contribution in [1.29, 1.82) is 0 Å². The highest BCUT2D eigenvalue weighted by atomic mass is 32.1. The Morgan fingerprint density at radius 2 is 1.89 bits per heavy atom. The minimum absolute atomic E-state index is 0.0315. The van der Waals surface area contributed by atoms with E-state index in [9.17, 15) is 5.11 Å². The SMILES string of the molecule is CCc1sc(-c2ccc(C(C)C)cc2)nc1CO. The van der Waals surface area contributed by atoms with Crippen LogP contribution in [-0.4, -0.2) is 10.1 Å². The number of nitrogens with zero attached hydrogens (tertiary/aromatic N) is 1. The molecule has 2 aromatic rings. The average molecular weight is 261 g/mol. The molecular formula is C15H19NOS. The molecule has 96 valence electrons. The average Bonchev–Trinajstić information content (AvgIpc) is 2.82. The topological polar surface area (TPSA) is 33.1 Å². The van der Waals surface area contributed by atoms with E-state index in [1.165, 1.54) is 10.4 Å². The van der Waals surface area contributed by atoms with Crippen LogP contribution in [0.3, 0.4) is 0 Å². The Labute approximate surface area is 112 Å². The van der Waals surface area contributed by atoms with E-state index in [0.29, 0.717) is 5.92 Å². The van der Waals surface area contributed by atoms with Crippen molar-refractivity contribution in [3.05, 3.63) is 40.4 Å². The van der Waals surface area contributed by atoms with Gasteiger partial charge in [-0.05, 0) is 17.9 Å². The molecule has 0 fully saturated rings. The molecule has 0 radical (unpaired) electrons. The number of hydrogen-bond donors (Lipinski definition) is 1. The number of rotatable bonds is 4. The summed E-state index contributed by atoms with van der Waals surface area (Å²) < 4.78 is 0. The van der Waals surface area contributed by atoms with Gasteiger partial charge in [0.15, 0.2) is 0 Å². The predicted molar refractivity (Wildman–Crippen MR) is 76.9 cm³/mol. The zero-order valence-electron chi connectivity index (χ0n) is 11.1. The van der Waals surface area contributed by atoms with Gasteiger partial charge in [0.25, 0.3) is 0 Å². The first-order valence-corrected chi connectivity index (χ1v) is 7.17. The summed E-state index contributed by atoms with van der Waals surface area (Å²) >= 11 is 1.68. The maximum absolute atomic E-state index is 9.27. The van der Waals surface area contributed by atoms with Gasteiger partial charge in [0.05, 0.1) is 12.3 Å². The smallest absolute Gasteiger partial charge is 0.123 e. The van der Waals surface area contributed by atoms with Gasteiger partial charge in [-0.3, -0.25) is 0 Å². The quantitative estimate of drug-likeness (QED) is 0.902. The van der Waals surface area contributed by atoms with Crippen molar-refractivity contribution in [3.63, 3.8) is 0 Å². The molecule has 1 aromatic carbocycles. The molecule has 0 bridgehead atoms. The van der Waals surface area contributed by atoms with Crippen LogP contribution in [0.5, 0.6) is 0 Å². The van der Waals surface area contributed by atoms with Crippen LogP contribution in [0.25, 0.3) is 10.6 Å². The van der Waals surface area contributed by atoms with Crippen molar-refractivity contribution in [1.82, 2.24) is 4.98 Å². The number of benzene rings is 1. The van der Waals surface area contributed by atoms with E-state index in [4.69, 9.17) is 0 Å². The van der Waals surface area contributed by atoms with Crippen molar-refractivity contribution < 1.29 is 5.11 Å². The van der Waals surface area contributed by atoms with Gasteiger partial charge in [0, 0.05) is 10.4 Å². The number of aliphatic hydroxyl groups is 1. The van der Waals surface area contributed by atoms with Gasteiger partial charge in [-0.2, -0.15) is 0 Å². The number of aromatic nitrogens is 1. The molecular weight excluding hydrogens is 242 g/mol. The summed E-state index contributed by atoms with van der Waals surface area (Å²) in [6, 6.07) is 8.56. The Hall–Kier alpha value is -1.19. The second kappa shape index (κ2) is 5.63. The normalized spacial score (nSPS) is 11.2. The summed E-state index contributed by atoms with van der Waals surface area (Å²) in [4.78, 5) is 5.69. The van der Waals surface area contributed by atoms with E-state index in [0.717, 1.165) is 22.7 Å². The van der Waals surface area contributed by atoms with Gasteiger partial charge in [0.1, 0.15) is 5.01 Å². The van der Waals surface area contributed by atoms with E-state index in [-0.39, 0.29) is 6.61 Å². The standard InChI is InChI=1S/C15H19NOS/c1-4-14-13(9-17)16-15(18-14)12-7-5-11(6-8-12)10(2)3/h5-8,10,17H,4,9H2,1-3H3. The van der Waals surface area contributed by atoms with Gasteiger partial charge in [-0.15, -0.1) is 11.3 Å². The van der Waals surface area contributed by atoms with E-state index in [2.05, 4.69) is 50.0 Å². The summed E-state index contributed by atoms with van der Waals surface area (Å²) in [7, 11) is 0. The molecule has 0 aliphatic heterocycles. The molecule has 0 aliphatic rings. The number of aliphatic hydroxyl groups excluding tert-OH is 1. The first kappa shape index (κ1) is 13.2. The zero-order chi connectivity index (χ0) is 13.1. The fourth-order valence-corrected chi connectivity index (χ4v) is 2.93. The molecule has 0 saturated carbocycles. The lowest BCUT2D eigenvalue weighted by Gasteiger charge is -2.05. The minimum atomic E-state index is 0.0315. The van der Waals surface area contributed by atoms with Crippen molar-refractivity contribution in [3.8, 4) is 10.6 Å². The lowest BCUT2D eigenvalue weighted by Crippen LogP contribution is -1.88. The van der Waals surface area contributed by atoms with Gasteiger partial charge >= 0.3 is 0 Å². The molecule has 2 nitrogen and oxygen atoms in total. The van der Waals surface area contributed by atoms with Crippen LogP contribution in [-0.2, 0) is 13.0 Å². The molecule has 1 N–H and O–H groups in total. The van der Waals surface area contributed by atoms with Crippen molar-refractivity contribution >= 4 is 11.3 Å². The highest BCUT2D eigenvalue weighted by Crippen LogP contribution is 2.29. The Kier molecular flexibility index (Phi) is 4.15. The molecule has 0 saturated heterocycles. The molecule has 1 aromatic heterocycles. The van der Waals surface area contributed by atoms with Crippen LogP contribution in [0, 0.1) is 0 Å². The van der Waals surface area contributed by atoms with Gasteiger partial charge in [-0.25, -0.2) is 4.98 Å². The molecule has 3 heteroatoms. The summed E-state index contributed by atoms with van der Waals surface area (Å²) in [6.07, 6.45) is 0.928. The first-order valence-electron chi connectivity index (χ1n) is 6.35. The van der Waals surface area contributed by atoms with Crippen LogP contribution in [0.1, 0.15) is 42.8 Å². The lowest BCUT2D eigenvalue weighted by atomic mass is 10.0. The first-order chi connectivity index (χ1) is 8.65. The van der Waals surface area contributed by atoms with Crippen molar-refractivity contribution in [2.45, 2.75) is 39.7 Å². The Balaban J connectivity index is 2.33. The summed E-state index contributed by atoms with van der Waals surface area (Å²) in [5.41, 5.74) is 3.30.